The number of halogens is 2. The molecule has 1 heterocycles. The van der Waals surface area contributed by atoms with E-state index in [0.717, 1.165) is 5.56 Å². The largest absolute Gasteiger partial charge is 0.472 e. The van der Waals surface area contributed by atoms with Crippen LogP contribution in [0, 0.1) is 0 Å². The Bertz CT molecular complexity index is 292. The highest BCUT2D eigenvalue weighted by molar-refractivity contribution is 5.22. The first-order valence-electron chi connectivity index (χ1n) is 4.22. The summed E-state index contributed by atoms with van der Waals surface area (Å²) < 4.78 is 28.3. The summed E-state index contributed by atoms with van der Waals surface area (Å²) in [5, 5.41) is 0. The van der Waals surface area contributed by atoms with Gasteiger partial charge in [-0.05, 0) is 18.6 Å². The van der Waals surface area contributed by atoms with Crippen LogP contribution in [0.4, 0.5) is 8.78 Å². The lowest BCUT2D eigenvalue weighted by molar-refractivity contribution is 0.0795. The van der Waals surface area contributed by atoms with E-state index in [1.165, 1.54) is 6.20 Å². The van der Waals surface area contributed by atoms with Gasteiger partial charge in [0.2, 0.25) is 5.88 Å². The third kappa shape index (κ3) is 3.26. The minimum atomic E-state index is -2.49. The van der Waals surface area contributed by atoms with E-state index >= 15 is 0 Å². The van der Waals surface area contributed by atoms with Crippen molar-refractivity contribution in [2.24, 2.45) is 5.73 Å². The van der Waals surface area contributed by atoms with Crippen molar-refractivity contribution in [1.29, 1.82) is 0 Å². The summed E-state index contributed by atoms with van der Waals surface area (Å²) in [6.07, 6.45) is -1.00. The van der Waals surface area contributed by atoms with Crippen LogP contribution in [0.5, 0.6) is 5.88 Å². The quantitative estimate of drug-likeness (QED) is 0.809. The standard InChI is InChI=1S/C9H12F2N2O/c1-6(12)7-2-3-13-9(4-7)14-5-8(10)11/h2-4,6,8H,5,12H2,1H3/t6-/m0/s1. The maximum absolute atomic E-state index is 11.8. The highest BCUT2D eigenvalue weighted by atomic mass is 19.3. The number of nitrogens with two attached hydrogens (primary N) is 1. The first-order valence-corrected chi connectivity index (χ1v) is 4.22. The molecule has 0 amide bonds. The molecule has 5 heteroatoms. The SMILES string of the molecule is C[C@H](N)c1ccnc(OCC(F)F)c1. The molecule has 0 bridgehead atoms. The summed E-state index contributed by atoms with van der Waals surface area (Å²) in [4.78, 5) is 3.78. The first-order chi connectivity index (χ1) is 6.59. The molecular weight excluding hydrogens is 190 g/mol. The third-order valence-electron chi connectivity index (χ3n) is 1.64. The third-order valence-corrected chi connectivity index (χ3v) is 1.64. The van der Waals surface area contributed by atoms with Gasteiger partial charge in [-0.25, -0.2) is 13.8 Å². The molecule has 0 fully saturated rings. The molecule has 0 unspecified atom stereocenters. The number of rotatable bonds is 4. The second kappa shape index (κ2) is 4.85. The van der Waals surface area contributed by atoms with Crippen LogP contribution < -0.4 is 10.5 Å². The summed E-state index contributed by atoms with van der Waals surface area (Å²) in [6.45, 7) is 1.15. The molecule has 0 aliphatic carbocycles. The number of aromatic nitrogens is 1. The molecule has 0 radical (unpaired) electrons. The lowest BCUT2D eigenvalue weighted by atomic mass is 10.1. The summed E-state index contributed by atoms with van der Waals surface area (Å²) in [7, 11) is 0. The van der Waals surface area contributed by atoms with E-state index in [-0.39, 0.29) is 11.9 Å². The van der Waals surface area contributed by atoms with Crippen molar-refractivity contribution in [3.8, 4) is 5.88 Å². The topological polar surface area (TPSA) is 48.1 Å². The zero-order valence-electron chi connectivity index (χ0n) is 7.78. The number of pyridine rings is 1. The summed E-state index contributed by atoms with van der Waals surface area (Å²) in [5.74, 6) is 0.181. The van der Waals surface area contributed by atoms with E-state index in [2.05, 4.69) is 4.98 Å². The van der Waals surface area contributed by atoms with Crippen molar-refractivity contribution in [3.63, 3.8) is 0 Å². The molecule has 1 aromatic rings. The molecule has 0 aromatic carbocycles. The first kappa shape index (κ1) is 10.8. The van der Waals surface area contributed by atoms with Crippen LogP contribution in [-0.4, -0.2) is 18.0 Å². The van der Waals surface area contributed by atoms with E-state index in [1.54, 1.807) is 19.1 Å². The number of nitrogens with zero attached hydrogens (tertiary/aromatic N) is 1. The Morgan fingerprint density at radius 3 is 2.86 bits per heavy atom. The fourth-order valence-corrected chi connectivity index (χ4v) is 0.935. The molecule has 3 nitrogen and oxygen atoms in total. The smallest absolute Gasteiger partial charge is 0.272 e. The fraction of sp³-hybridized carbons (Fsp3) is 0.444. The van der Waals surface area contributed by atoms with Gasteiger partial charge in [0.25, 0.3) is 6.43 Å². The van der Waals surface area contributed by atoms with E-state index in [4.69, 9.17) is 10.5 Å². The number of alkyl halides is 2. The van der Waals surface area contributed by atoms with Gasteiger partial charge in [-0.15, -0.1) is 0 Å². The summed E-state index contributed by atoms with van der Waals surface area (Å²) >= 11 is 0. The Balaban J connectivity index is 2.64. The predicted molar refractivity (Wildman–Crippen MR) is 48.3 cm³/mol. The van der Waals surface area contributed by atoms with Gasteiger partial charge in [-0.1, -0.05) is 0 Å². The minimum absolute atomic E-state index is 0.160. The second-order valence-corrected chi connectivity index (χ2v) is 2.92. The zero-order chi connectivity index (χ0) is 10.6. The fourth-order valence-electron chi connectivity index (χ4n) is 0.935. The monoisotopic (exact) mass is 202 g/mol. The van der Waals surface area contributed by atoms with Crippen molar-refractivity contribution in [2.75, 3.05) is 6.61 Å². The molecule has 0 spiro atoms. The van der Waals surface area contributed by atoms with Crippen molar-refractivity contribution in [2.45, 2.75) is 19.4 Å². The van der Waals surface area contributed by atoms with Crippen LogP contribution in [0.15, 0.2) is 18.3 Å². The van der Waals surface area contributed by atoms with Crippen LogP contribution in [-0.2, 0) is 0 Å². The molecule has 2 N–H and O–H groups in total. The molecule has 78 valence electrons. The highest BCUT2D eigenvalue weighted by Crippen LogP contribution is 2.14. The molecule has 0 saturated heterocycles. The molecule has 0 aliphatic heterocycles. The lowest BCUT2D eigenvalue weighted by Crippen LogP contribution is -2.09. The predicted octanol–water partition coefficient (Wildman–Crippen LogP) is 1.75. The minimum Gasteiger partial charge on any atom is -0.472 e. The molecule has 0 aliphatic rings. The highest BCUT2D eigenvalue weighted by Gasteiger charge is 2.06. The van der Waals surface area contributed by atoms with Crippen LogP contribution in [0.1, 0.15) is 18.5 Å². The van der Waals surface area contributed by atoms with E-state index in [0.29, 0.717) is 0 Å². The van der Waals surface area contributed by atoms with Crippen molar-refractivity contribution < 1.29 is 13.5 Å². The van der Waals surface area contributed by atoms with E-state index < -0.39 is 13.0 Å². The van der Waals surface area contributed by atoms with Crippen LogP contribution in [0.2, 0.25) is 0 Å². The average molecular weight is 202 g/mol. The van der Waals surface area contributed by atoms with E-state index in [9.17, 15) is 8.78 Å². The van der Waals surface area contributed by atoms with Gasteiger partial charge in [0, 0.05) is 18.3 Å². The second-order valence-electron chi connectivity index (χ2n) is 2.92. The average Bonchev–Trinajstić information content (AvgIpc) is 2.15. The molecule has 14 heavy (non-hydrogen) atoms. The van der Waals surface area contributed by atoms with E-state index in [1.807, 2.05) is 0 Å². The lowest BCUT2D eigenvalue weighted by Gasteiger charge is -2.08. The normalized spacial score (nSPS) is 12.9. The number of hydrogen-bond donors (Lipinski definition) is 1. The van der Waals surface area contributed by atoms with Gasteiger partial charge in [-0.2, -0.15) is 0 Å². The van der Waals surface area contributed by atoms with Crippen molar-refractivity contribution in [3.05, 3.63) is 23.9 Å². The molecular formula is C9H12F2N2O. The van der Waals surface area contributed by atoms with Crippen molar-refractivity contribution in [1.82, 2.24) is 4.98 Å². The molecule has 0 saturated carbocycles. The van der Waals surface area contributed by atoms with Gasteiger partial charge >= 0.3 is 0 Å². The van der Waals surface area contributed by atoms with Crippen molar-refractivity contribution >= 4 is 0 Å². The Labute approximate surface area is 80.9 Å². The van der Waals surface area contributed by atoms with Gasteiger partial charge in [-0.3, -0.25) is 0 Å². The molecule has 1 rings (SSSR count). The van der Waals surface area contributed by atoms with Gasteiger partial charge in [0.1, 0.15) is 0 Å². The van der Waals surface area contributed by atoms with Gasteiger partial charge < -0.3 is 10.5 Å². The van der Waals surface area contributed by atoms with Crippen LogP contribution >= 0.6 is 0 Å². The Morgan fingerprint density at radius 1 is 1.57 bits per heavy atom. The van der Waals surface area contributed by atoms with Crippen LogP contribution in [0.3, 0.4) is 0 Å². The van der Waals surface area contributed by atoms with Crippen LogP contribution in [0.25, 0.3) is 0 Å². The van der Waals surface area contributed by atoms with Gasteiger partial charge in [0.15, 0.2) is 6.61 Å². The maximum atomic E-state index is 11.8. The molecule has 1 atom stereocenters. The summed E-state index contributed by atoms with van der Waals surface area (Å²) in [6, 6.07) is 3.12. The number of hydrogen-bond acceptors (Lipinski definition) is 3. The Hall–Kier alpha value is -1.23. The van der Waals surface area contributed by atoms with Gasteiger partial charge in [0.05, 0.1) is 0 Å². The zero-order valence-corrected chi connectivity index (χ0v) is 7.78. The Kier molecular flexibility index (Phi) is 3.76. The summed E-state index contributed by atoms with van der Waals surface area (Å²) in [5.41, 5.74) is 6.42. The maximum Gasteiger partial charge on any atom is 0.272 e. The number of ether oxygens (including phenoxy) is 1. The Morgan fingerprint density at radius 2 is 2.29 bits per heavy atom. The molecule has 1 aromatic heterocycles.